The zero-order chi connectivity index (χ0) is 22.5. The number of fused-ring (bicyclic) bond motifs is 7. The van der Waals surface area contributed by atoms with E-state index in [9.17, 15) is 14.4 Å². The van der Waals surface area contributed by atoms with Gasteiger partial charge in [0.05, 0.1) is 17.5 Å². The standard InChI is InChI=1S/C26H27N3O3/c1-14-7-8-19-18(13-14)26(25(32)27(19)4)22-21(20-6-5-9-28(20)26)23(30)29(24(22)31)17-11-15(2)10-16(3)12-17/h7-8,10-13,20-22H,5-6,9H2,1-4H3. The third-order valence-corrected chi connectivity index (χ3v) is 7.99. The molecule has 0 radical (unpaired) electrons. The third-order valence-electron chi connectivity index (χ3n) is 7.99. The maximum absolute atomic E-state index is 14.1. The Labute approximate surface area is 187 Å². The van der Waals surface area contributed by atoms with Gasteiger partial charge in [0.25, 0.3) is 5.91 Å². The predicted octanol–water partition coefficient (Wildman–Crippen LogP) is 3.07. The second-order valence-corrected chi connectivity index (χ2v) is 9.92. The number of rotatable bonds is 1. The molecule has 3 saturated heterocycles. The number of likely N-dealkylation sites (N-methyl/N-ethyl adjacent to an activating group) is 1. The molecule has 6 nitrogen and oxygen atoms in total. The number of carbonyl (C=O) groups is 3. The van der Waals surface area contributed by atoms with Crippen molar-refractivity contribution in [3.8, 4) is 0 Å². The van der Waals surface area contributed by atoms with Crippen LogP contribution < -0.4 is 9.80 Å². The van der Waals surface area contributed by atoms with Crippen LogP contribution in [0.5, 0.6) is 0 Å². The Hall–Kier alpha value is -2.99. The highest BCUT2D eigenvalue weighted by molar-refractivity contribution is 6.26. The van der Waals surface area contributed by atoms with Gasteiger partial charge in [0.15, 0.2) is 0 Å². The van der Waals surface area contributed by atoms with E-state index in [2.05, 4.69) is 4.90 Å². The summed E-state index contributed by atoms with van der Waals surface area (Å²) in [6, 6.07) is 11.7. The van der Waals surface area contributed by atoms with E-state index in [1.165, 1.54) is 4.90 Å². The van der Waals surface area contributed by atoms with E-state index >= 15 is 0 Å². The Morgan fingerprint density at radius 2 is 1.62 bits per heavy atom. The molecule has 0 aromatic heterocycles. The summed E-state index contributed by atoms with van der Waals surface area (Å²) in [6.07, 6.45) is 1.76. The molecular formula is C26H27N3O3. The van der Waals surface area contributed by atoms with Gasteiger partial charge < -0.3 is 4.90 Å². The van der Waals surface area contributed by atoms with Crippen LogP contribution in [0.3, 0.4) is 0 Å². The lowest BCUT2D eigenvalue weighted by Crippen LogP contribution is -2.55. The van der Waals surface area contributed by atoms with Crippen LogP contribution in [0.2, 0.25) is 0 Å². The maximum atomic E-state index is 14.1. The van der Waals surface area contributed by atoms with Gasteiger partial charge in [0.2, 0.25) is 11.8 Å². The molecule has 0 saturated carbocycles. The van der Waals surface area contributed by atoms with Crippen molar-refractivity contribution in [2.45, 2.75) is 45.2 Å². The summed E-state index contributed by atoms with van der Waals surface area (Å²) in [5, 5.41) is 0. The van der Waals surface area contributed by atoms with Crippen molar-refractivity contribution in [3.05, 3.63) is 58.7 Å². The highest BCUT2D eigenvalue weighted by atomic mass is 16.2. The largest absolute Gasteiger partial charge is 0.313 e. The first-order valence-corrected chi connectivity index (χ1v) is 11.4. The molecule has 2 aromatic rings. The van der Waals surface area contributed by atoms with Crippen LogP contribution >= 0.6 is 0 Å². The highest BCUT2D eigenvalue weighted by Crippen LogP contribution is 2.61. The monoisotopic (exact) mass is 429 g/mol. The van der Waals surface area contributed by atoms with Gasteiger partial charge in [0.1, 0.15) is 5.54 Å². The van der Waals surface area contributed by atoms with Gasteiger partial charge in [-0.3, -0.25) is 19.3 Å². The molecule has 164 valence electrons. The lowest BCUT2D eigenvalue weighted by Gasteiger charge is -2.37. The van der Waals surface area contributed by atoms with Crippen molar-refractivity contribution in [1.82, 2.24) is 4.90 Å². The van der Waals surface area contributed by atoms with E-state index in [4.69, 9.17) is 0 Å². The number of amides is 3. The van der Waals surface area contributed by atoms with Gasteiger partial charge >= 0.3 is 0 Å². The number of benzene rings is 2. The summed E-state index contributed by atoms with van der Waals surface area (Å²) in [6.45, 7) is 6.68. The predicted molar refractivity (Wildman–Crippen MR) is 121 cm³/mol. The fraction of sp³-hybridized carbons (Fsp3) is 0.423. The molecular weight excluding hydrogens is 402 g/mol. The molecule has 3 amide bonds. The summed E-state index contributed by atoms with van der Waals surface area (Å²) >= 11 is 0. The first kappa shape index (κ1) is 19.7. The van der Waals surface area contributed by atoms with E-state index in [1.807, 2.05) is 57.2 Å². The molecule has 32 heavy (non-hydrogen) atoms. The number of aryl methyl sites for hydroxylation is 3. The quantitative estimate of drug-likeness (QED) is 0.654. The highest BCUT2D eigenvalue weighted by Gasteiger charge is 2.75. The van der Waals surface area contributed by atoms with Gasteiger partial charge in [-0.15, -0.1) is 0 Å². The first-order chi connectivity index (χ1) is 15.3. The second kappa shape index (κ2) is 6.29. The van der Waals surface area contributed by atoms with Gasteiger partial charge in [-0.25, -0.2) is 4.90 Å². The molecule has 0 aliphatic carbocycles. The number of hydrogen-bond acceptors (Lipinski definition) is 4. The number of nitrogens with zero attached hydrogens (tertiary/aromatic N) is 3. The van der Waals surface area contributed by atoms with E-state index < -0.39 is 17.4 Å². The van der Waals surface area contributed by atoms with Crippen molar-refractivity contribution in [2.24, 2.45) is 11.8 Å². The molecule has 3 fully saturated rings. The number of imide groups is 1. The van der Waals surface area contributed by atoms with Crippen molar-refractivity contribution in [1.29, 1.82) is 0 Å². The lowest BCUT2D eigenvalue weighted by molar-refractivity contribution is -0.136. The summed E-state index contributed by atoms with van der Waals surface area (Å²) in [7, 11) is 1.78. The van der Waals surface area contributed by atoms with Gasteiger partial charge in [-0.05, 0) is 69.5 Å². The minimum Gasteiger partial charge on any atom is -0.313 e. The normalized spacial score (nSPS) is 31.1. The average molecular weight is 430 g/mol. The number of anilines is 2. The van der Waals surface area contributed by atoms with Crippen LogP contribution in [-0.2, 0) is 19.9 Å². The first-order valence-electron chi connectivity index (χ1n) is 11.4. The van der Waals surface area contributed by atoms with Crippen molar-refractivity contribution in [2.75, 3.05) is 23.4 Å². The van der Waals surface area contributed by atoms with E-state index in [-0.39, 0.29) is 23.8 Å². The number of carbonyl (C=O) groups excluding carboxylic acids is 3. The fourth-order valence-corrected chi connectivity index (χ4v) is 6.94. The summed E-state index contributed by atoms with van der Waals surface area (Å²) in [4.78, 5) is 47.1. The Morgan fingerprint density at radius 1 is 0.906 bits per heavy atom. The third kappa shape index (κ3) is 2.16. The molecule has 6 heteroatoms. The van der Waals surface area contributed by atoms with Crippen LogP contribution in [0.1, 0.15) is 35.1 Å². The molecule has 2 aromatic carbocycles. The molecule has 4 atom stereocenters. The van der Waals surface area contributed by atoms with Gasteiger partial charge in [-0.2, -0.15) is 0 Å². The smallest absolute Gasteiger partial charge is 0.252 e. The van der Waals surface area contributed by atoms with Gasteiger partial charge in [-0.1, -0.05) is 23.8 Å². The topological polar surface area (TPSA) is 60.9 Å². The molecule has 0 bridgehead atoms. The summed E-state index contributed by atoms with van der Waals surface area (Å²) in [5.74, 6) is -1.67. The Balaban J connectivity index is 1.58. The van der Waals surface area contributed by atoms with Crippen LogP contribution in [0.25, 0.3) is 0 Å². The van der Waals surface area contributed by atoms with E-state index in [0.717, 1.165) is 47.3 Å². The maximum Gasteiger partial charge on any atom is 0.252 e. The van der Waals surface area contributed by atoms with Gasteiger partial charge in [0, 0.05) is 24.3 Å². The second-order valence-electron chi connectivity index (χ2n) is 9.92. The lowest BCUT2D eigenvalue weighted by atomic mass is 9.75. The van der Waals surface area contributed by atoms with Crippen LogP contribution in [0.4, 0.5) is 11.4 Å². The SMILES string of the molecule is Cc1cc(C)cc(N2C(=O)C3C4CCCN4C4(C(=O)N(C)c5ccc(C)cc54)C3C2=O)c1. The zero-order valence-corrected chi connectivity index (χ0v) is 18.9. The molecule has 4 heterocycles. The summed E-state index contributed by atoms with van der Waals surface area (Å²) < 4.78 is 0. The molecule has 4 aliphatic rings. The Bertz CT molecular complexity index is 1200. The van der Waals surface area contributed by atoms with Crippen molar-refractivity contribution in [3.63, 3.8) is 0 Å². The van der Waals surface area contributed by atoms with Crippen molar-refractivity contribution >= 4 is 29.1 Å². The molecule has 4 unspecified atom stereocenters. The van der Waals surface area contributed by atoms with E-state index in [0.29, 0.717) is 5.69 Å². The molecule has 0 N–H and O–H groups in total. The Kier molecular flexibility index (Phi) is 3.87. The zero-order valence-electron chi connectivity index (χ0n) is 18.9. The van der Waals surface area contributed by atoms with Crippen molar-refractivity contribution < 1.29 is 14.4 Å². The Morgan fingerprint density at radius 3 is 2.34 bits per heavy atom. The molecule has 4 aliphatic heterocycles. The van der Waals surface area contributed by atoms with Crippen LogP contribution in [0, 0.1) is 32.6 Å². The minimum absolute atomic E-state index is 0.0825. The number of hydrogen-bond donors (Lipinski definition) is 0. The average Bonchev–Trinajstić information content (AvgIpc) is 3.42. The van der Waals surface area contributed by atoms with Crippen LogP contribution in [0.15, 0.2) is 36.4 Å². The molecule has 6 rings (SSSR count). The van der Waals surface area contributed by atoms with Crippen LogP contribution in [-0.4, -0.2) is 42.3 Å². The van der Waals surface area contributed by atoms with E-state index in [1.54, 1.807) is 11.9 Å². The fourth-order valence-electron chi connectivity index (χ4n) is 6.94. The summed E-state index contributed by atoms with van der Waals surface area (Å²) in [5.41, 5.74) is 4.32. The molecule has 1 spiro atoms. The minimum atomic E-state index is -1.09.